The molecular weight excluding hydrogens is 328 g/mol. The van der Waals surface area contributed by atoms with Crippen molar-refractivity contribution in [1.82, 2.24) is 0 Å². The summed E-state index contributed by atoms with van der Waals surface area (Å²) in [5.41, 5.74) is 0.194. The lowest BCUT2D eigenvalue weighted by Crippen LogP contribution is -2.34. The molecule has 0 aliphatic heterocycles. The van der Waals surface area contributed by atoms with Crippen molar-refractivity contribution in [2.45, 2.75) is 44.0 Å². The lowest BCUT2D eigenvalue weighted by Gasteiger charge is -2.22. The van der Waals surface area contributed by atoms with Gasteiger partial charge in [0, 0.05) is 0 Å². The van der Waals surface area contributed by atoms with E-state index in [1.807, 2.05) is 0 Å². The zero-order valence-electron chi connectivity index (χ0n) is 13.7. The molecule has 0 saturated carbocycles. The molecule has 2 rings (SSSR count). The Morgan fingerprint density at radius 3 is 2.68 bits per heavy atom. The van der Waals surface area contributed by atoms with Crippen molar-refractivity contribution in [3.63, 3.8) is 0 Å². The van der Waals surface area contributed by atoms with Gasteiger partial charge in [-0.25, -0.2) is 4.79 Å². The summed E-state index contributed by atoms with van der Waals surface area (Å²) < 4.78 is 10.5. The zero-order valence-corrected chi connectivity index (χ0v) is 13.7. The van der Waals surface area contributed by atoms with E-state index < -0.39 is 36.9 Å². The van der Waals surface area contributed by atoms with E-state index in [2.05, 4.69) is 0 Å². The molecule has 136 valence electrons. The lowest BCUT2D eigenvalue weighted by atomic mass is 9.98. The number of rotatable bonds is 4. The molecule has 0 amide bonds. The van der Waals surface area contributed by atoms with E-state index in [0.29, 0.717) is 19.3 Å². The quantitative estimate of drug-likeness (QED) is 0.547. The van der Waals surface area contributed by atoms with Crippen LogP contribution in [0.4, 0.5) is 0 Å². The van der Waals surface area contributed by atoms with Gasteiger partial charge in [-0.05, 0) is 43.9 Å². The molecule has 25 heavy (non-hydrogen) atoms. The summed E-state index contributed by atoms with van der Waals surface area (Å²) >= 11 is 0. The fraction of sp³-hybridized carbons (Fsp3) is 0.444. The third kappa shape index (κ3) is 5.38. The fourth-order valence-electron chi connectivity index (χ4n) is 2.59. The molecule has 0 radical (unpaired) electrons. The van der Waals surface area contributed by atoms with Crippen LogP contribution in [0.1, 0.15) is 36.0 Å². The van der Waals surface area contributed by atoms with Crippen LogP contribution in [0.3, 0.4) is 0 Å². The van der Waals surface area contributed by atoms with Crippen molar-refractivity contribution in [1.29, 1.82) is 0 Å². The Balaban J connectivity index is 2.06. The molecule has 0 saturated heterocycles. The average molecular weight is 350 g/mol. The molecule has 1 aliphatic rings. The Kier molecular flexibility index (Phi) is 7.12. The number of hydrogen-bond donors (Lipinski definition) is 3. The van der Waals surface area contributed by atoms with Crippen LogP contribution in [0, 0.1) is 0 Å². The van der Waals surface area contributed by atoms with E-state index >= 15 is 0 Å². The van der Waals surface area contributed by atoms with Crippen molar-refractivity contribution in [3.05, 3.63) is 42.0 Å². The normalized spacial score (nSPS) is 25.9. The Labute approximate surface area is 145 Å². The Morgan fingerprint density at radius 2 is 1.92 bits per heavy atom. The van der Waals surface area contributed by atoms with Gasteiger partial charge in [-0.1, -0.05) is 18.2 Å². The van der Waals surface area contributed by atoms with E-state index in [1.165, 1.54) is 12.1 Å². The standard InChI is InChI=1S/C18H22O7/c19-11-24-16-8-4-2-6-13(16)18(23)25-12-5-1-3-7-14(20)17(22)15(21)10-9-12/h2-4,6-8,12,15,17,19,21-22H,1,5,9-11H2/b7-3+. The average Bonchev–Trinajstić information content (AvgIpc) is 2.61. The first-order chi connectivity index (χ1) is 12.0. The Bertz CT molecular complexity index is 626. The van der Waals surface area contributed by atoms with Crippen LogP contribution in [0.15, 0.2) is 36.4 Å². The second-order valence-corrected chi connectivity index (χ2v) is 5.77. The number of carbonyl (C=O) groups is 2. The first kappa shape index (κ1) is 19.1. The summed E-state index contributed by atoms with van der Waals surface area (Å²) in [6.45, 7) is -0.559. The minimum Gasteiger partial charge on any atom is -0.467 e. The maximum absolute atomic E-state index is 12.4. The maximum Gasteiger partial charge on any atom is 0.342 e. The topological polar surface area (TPSA) is 113 Å². The third-order valence-corrected chi connectivity index (χ3v) is 3.98. The molecule has 7 nitrogen and oxygen atoms in total. The van der Waals surface area contributed by atoms with Crippen molar-refractivity contribution < 1.29 is 34.4 Å². The molecule has 0 spiro atoms. The summed E-state index contributed by atoms with van der Waals surface area (Å²) in [6, 6.07) is 6.41. The van der Waals surface area contributed by atoms with Crippen LogP contribution in [0.5, 0.6) is 5.75 Å². The fourth-order valence-corrected chi connectivity index (χ4v) is 2.59. The zero-order chi connectivity index (χ0) is 18.2. The highest BCUT2D eigenvalue weighted by Crippen LogP contribution is 2.22. The van der Waals surface area contributed by atoms with Crippen LogP contribution in [0.2, 0.25) is 0 Å². The van der Waals surface area contributed by atoms with E-state index in [-0.39, 0.29) is 17.7 Å². The van der Waals surface area contributed by atoms with Gasteiger partial charge in [0.1, 0.15) is 23.5 Å². The van der Waals surface area contributed by atoms with Crippen LogP contribution in [-0.2, 0) is 9.53 Å². The van der Waals surface area contributed by atoms with Crippen molar-refractivity contribution in [3.8, 4) is 5.75 Å². The second-order valence-electron chi connectivity index (χ2n) is 5.77. The van der Waals surface area contributed by atoms with Gasteiger partial charge < -0.3 is 24.8 Å². The molecular formula is C18H22O7. The molecule has 7 heteroatoms. The largest absolute Gasteiger partial charge is 0.467 e. The maximum atomic E-state index is 12.4. The number of aliphatic hydroxyl groups excluding tert-OH is 3. The number of ether oxygens (including phenoxy) is 2. The summed E-state index contributed by atoms with van der Waals surface area (Å²) in [5.74, 6) is -0.907. The highest BCUT2D eigenvalue weighted by molar-refractivity contribution is 5.94. The highest BCUT2D eigenvalue weighted by atomic mass is 16.6. The molecule has 1 aromatic carbocycles. The lowest BCUT2D eigenvalue weighted by molar-refractivity contribution is -0.128. The van der Waals surface area contributed by atoms with Gasteiger partial charge in [-0.2, -0.15) is 0 Å². The molecule has 0 aromatic heterocycles. The Hall–Kier alpha value is -2.22. The van der Waals surface area contributed by atoms with Crippen molar-refractivity contribution in [2.75, 3.05) is 6.79 Å². The van der Waals surface area contributed by atoms with Crippen LogP contribution >= 0.6 is 0 Å². The molecule has 3 atom stereocenters. The molecule has 3 N–H and O–H groups in total. The van der Waals surface area contributed by atoms with Gasteiger partial charge in [0.15, 0.2) is 12.6 Å². The number of carbonyl (C=O) groups excluding carboxylic acids is 2. The number of benzene rings is 1. The molecule has 3 unspecified atom stereocenters. The summed E-state index contributed by atoms with van der Waals surface area (Å²) in [5, 5.41) is 28.5. The van der Waals surface area contributed by atoms with E-state index in [1.54, 1.807) is 24.3 Å². The van der Waals surface area contributed by atoms with Gasteiger partial charge in [-0.3, -0.25) is 4.79 Å². The van der Waals surface area contributed by atoms with Gasteiger partial charge in [0.25, 0.3) is 0 Å². The highest BCUT2D eigenvalue weighted by Gasteiger charge is 2.26. The Morgan fingerprint density at radius 1 is 1.16 bits per heavy atom. The smallest absolute Gasteiger partial charge is 0.342 e. The van der Waals surface area contributed by atoms with Crippen molar-refractivity contribution >= 4 is 11.8 Å². The van der Waals surface area contributed by atoms with E-state index in [9.17, 15) is 19.8 Å². The number of para-hydroxylation sites is 1. The number of aliphatic hydroxyl groups is 3. The van der Waals surface area contributed by atoms with E-state index in [4.69, 9.17) is 14.6 Å². The molecule has 0 bridgehead atoms. The minimum absolute atomic E-state index is 0.132. The van der Waals surface area contributed by atoms with E-state index in [0.717, 1.165) is 0 Å². The number of hydrogen-bond acceptors (Lipinski definition) is 7. The van der Waals surface area contributed by atoms with Gasteiger partial charge in [-0.15, -0.1) is 0 Å². The predicted octanol–water partition coefficient (Wildman–Crippen LogP) is 0.962. The summed E-state index contributed by atoms with van der Waals surface area (Å²) in [6.07, 6.45) is 1.11. The molecule has 0 heterocycles. The van der Waals surface area contributed by atoms with Gasteiger partial charge in [0.2, 0.25) is 0 Å². The monoisotopic (exact) mass is 350 g/mol. The first-order valence-electron chi connectivity index (χ1n) is 8.13. The number of esters is 1. The number of ketones is 1. The van der Waals surface area contributed by atoms with Crippen LogP contribution in [-0.4, -0.2) is 52.2 Å². The predicted molar refractivity (Wildman–Crippen MR) is 88.0 cm³/mol. The van der Waals surface area contributed by atoms with Gasteiger partial charge >= 0.3 is 5.97 Å². The van der Waals surface area contributed by atoms with Gasteiger partial charge in [0.05, 0.1) is 6.10 Å². The van der Waals surface area contributed by atoms with Crippen LogP contribution in [0.25, 0.3) is 0 Å². The molecule has 1 aromatic rings. The molecule has 1 aliphatic carbocycles. The van der Waals surface area contributed by atoms with Crippen molar-refractivity contribution in [2.24, 2.45) is 0 Å². The minimum atomic E-state index is -1.47. The van der Waals surface area contributed by atoms with Crippen LogP contribution < -0.4 is 4.74 Å². The SMILES string of the molecule is O=C(OC1CC/C=C/C(=O)C(O)C(O)CC1)c1ccccc1OCO. The summed E-state index contributed by atoms with van der Waals surface area (Å²) in [7, 11) is 0. The summed E-state index contributed by atoms with van der Waals surface area (Å²) in [4.78, 5) is 24.0. The first-order valence-corrected chi connectivity index (χ1v) is 8.13. The number of allylic oxidation sites excluding steroid dienone is 1. The third-order valence-electron chi connectivity index (χ3n) is 3.98. The molecule has 0 fully saturated rings. The second kappa shape index (κ2) is 9.31.